The highest BCUT2D eigenvalue weighted by atomic mass is 79.9. The van der Waals surface area contributed by atoms with Crippen LogP contribution >= 0.6 is 31.9 Å². The van der Waals surface area contributed by atoms with Gasteiger partial charge < -0.3 is 10.4 Å². The van der Waals surface area contributed by atoms with Gasteiger partial charge in [-0.05, 0) is 50.3 Å². The van der Waals surface area contributed by atoms with E-state index < -0.39 is 17.9 Å². The maximum absolute atomic E-state index is 12.0. The first kappa shape index (κ1) is 16.1. The molecule has 2 N–H and O–H groups in total. The molecular weight excluding hydrogens is 380 g/mol. The Morgan fingerprint density at radius 1 is 1.42 bits per heavy atom. The van der Waals surface area contributed by atoms with E-state index in [0.29, 0.717) is 10.9 Å². The lowest BCUT2D eigenvalue weighted by Crippen LogP contribution is -2.42. The third-order valence-electron chi connectivity index (χ3n) is 2.33. The Labute approximate surface area is 128 Å². The minimum atomic E-state index is -1.05. The van der Waals surface area contributed by atoms with E-state index >= 15 is 0 Å². The number of carboxylic acids is 1. The summed E-state index contributed by atoms with van der Waals surface area (Å²) in [5.41, 5.74) is 0.165. The molecule has 1 unspecified atom stereocenters. The molecule has 19 heavy (non-hydrogen) atoms. The van der Waals surface area contributed by atoms with E-state index in [1.54, 1.807) is 6.07 Å². The number of aliphatic carboxylic acids is 1. The molecule has 104 valence electrons. The predicted molar refractivity (Wildman–Crippen MR) is 78.0 cm³/mol. The van der Waals surface area contributed by atoms with Crippen molar-refractivity contribution in [1.82, 2.24) is 10.3 Å². The molecule has 1 atom stereocenters. The van der Waals surface area contributed by atoms with Crippen LogP contribution in [0, 0.1) is 5.92 Å². The number of aromatic nitrogens is 1. The lowest BCUT2D eigenvalue weighted by Gasteiger charge is -2.16. The van der Waals surface area contributed by atoms with Crippen LogP contribution in [0.2, 0.25) is 0 Å². The molecule has 0 aliphatic heterocycles. The molecule has 0 saturated carbocycles. The fourth-order valence-electron chi connectivity index (χ4n) is 1.50. The summed E-state index contributed by atoms with van der Waals surface area (Å²) >= 11 is 6.46. The van der Waals surface area contributed by atoms with Crippen LogP contribution in [0.1, 0.15) is 30.8 Å². The molecule has 5 nitrogen and oxygen atoms in total. The molecule has 1 heterocycles. The molecule has 1 amide bonds. The van der Waals surface area contributed by atoms with Crippen LogP contribution in [0.15, 0.2) is 21.2 Å². The molecule has 0 bridgehead atoms. The first-order valence-corrected chi connectivity index (χ1v) is 7.24. The second kappa shape index (κ2) is 7.00. The molecule has 0 aliphatic rings. The van der Waals surface area contributed by atoms with Gasteiger partial charge in [-0.2, -0.15) is 0 Å². The second-order valence-corrected chi connectivity index (χ2v) is 6.25. The van der Waals surface area contributed by atoms with Gasteiger partial charge >= 0.3 is 5.97 Å². The van der Waals surface area contributed by atoms with Crippen LogP contribution in [-0.4, -0.2) is 28.0 Å². The van der Waals surface area contributed by atoms with Gasteiger partial charge in [-0.1, -0.05) is 13.8 Å². The van der Waals surface area contributed by atoms with Gasteiger partial charge in [0.25, 0.3) is 5.91 Å². The molecule has 7 heteroatoms. The summed E-state index contributed by atoms with van der Waals surface area (Å²) in [5.74, 6) is -1.38. The van der Waals surface area contributed by atoms with Crippen LogP contribution in [-0.2, 0) is 4.79 Å². The number of amides is 1. The molecule has 1 aromatic rings. The van der Waals surface area contributed by atoms with E-state index in [-0.39, 0.29) is 11.6 Å². The smallest absolute Gasteiger partial charge is 0.326 e. The summed E-state index contributed by atoms with van der Waals surface area (Å²) in [4.78, 5) is 27.0. The van der Waals surface area contributed by atoms with Crippen molar-refractivity contribution in [3.63, 3.8) is 0 Å². The largest absolute Gasteiger partial charge is 0.480 e. The Bertz CT molecular complexity index is 492. The van der Waals surface area contributed by atoms with Crippen molar-refractivity contribution in [2.45, 2.75) is 26.3 Å². The van der Waals surface area contributed by atoms with Gasteiger partial charge in [0.15, 0.2) is 0 Å². The number of hydrogen-bond acceptors (Lipinski definition) is 3. The Morgan fingerprint density at radius 3 is 2.53 bits per heavy atom. The zero-order valence-electron chi connectivity index (χ0n) is 10.5. The maximum Gasteiger partial charge on any atom is 0.326 e. The van der Waals surface area contributed by atoms with E-state index in [2.05, 4.69) is 42.2 Å². The number of rotatable bonds is 5. The standard InChI is InChI=1S/C12H14Br2N2O3/c1-6(2)3-9(12(18)19)16-11(17)10-8(14)4-7(13)5-15-10/h4-6,9H,3H2,1-2H3,(H,16,17)(H,18,19). The Morgan fingerprint density at radius 2 is 2.05 bits per heavy atom. The van der Waals surface area contributed by atoms with Crippen molar-refractivity contribution in [2.75, 3.05) is 0 Å². The van der Waals surface area contributed by atoms with E-state index in [1.165, 1.54) is 6.20 Å². The van der Waals surface area contributed by atoms with Gasteiger partial charge in [0.1, 0.15) is 11.7 Å². The van der Waals surface area contributed by atoms with Crippen molar-refractivity contribution in [3.8, 4) is 0 Å². The Kier molecular flexibility index (Phi) is 5.93. The number of pyridine rings is 1. The number of nitrogens with zero attached hydrogens (tertiary/aromatic N) is 1. The van der Waals surface area contributed by atoms with Gasteiger partial charge in [-0.15, -0.1) is 0 Å². The van der Waals surface area contributed by atoms with Gasteiger partial charge in [-0.25, -0.2) is 9.78 Å². The third-order valence-corrected chi connectivity index (χ3v) is 3.37. The van der Waals surface area contributed by atoms with E-state index in [4.69, 9.17) is 5.11 Å². The summed E-state index contributed by atoms with van der Waals surface area (Å²) in [6, 6.07) is 0.769. The van der Waals surface area contributed by atoms with Crippen molar-refractivity contribution >= 4 is 43.7 Å². The first-order chi connectivity index (χ1) is 8.81. The van der Waals surface area contributed by atoms with E-state index in [1.807, 2.05) is 13.8 Å². The first-order valence-electron chi connectivity index (χ1n) is 5.66. The number of halogens is 2. The summed E-state index contributed by atoms with van der Waals surface area (Å²) in [7, 11) is 0. The molecule has 0 radical (unpaired) electrons. The third kappa shape index (κ3) is 4.91. The van der Waals surface area contributed by atoms with Gasteiger partial charge in [0.2, 0.25) is 0 Å². The minimum Gasteiger partial charge on any atom is -0.480 e. The summed E-state index contributed by atoms with van der Waals surface area (Å²) in [5, 5.41) is 11.6. The van der Waals surface area contributed by atoms with Crippen LogP contribution in [0.4, 0.5) is 0 Å². The molecule has 0 spiro atoms. The monoisotopic (exact) mass is 392 g/mol. The lowest BCUT2D eigenvalue weighted by atomic mass is 10.0. The van der Waals surface area contributed by atoms with Crippen molar-refractivity contribution in [3.05, 3.63) is 26.9 Å². The summed E-state index contributed by atoms with van der Waals surface area (Å²) < 4.78 is 1.24. The zero-order valence-corrected chi connectivity index (χ0v) is 13.7. The van der Waals surface area contributed by atoms with E-state index in [0.717, 1.165) is 4.47 Å². The second-order valence-electron chi connectivity index (χ2n) is 4.48. The normalized spacial score (nSPS) is 12.3. The van der Waals surface area contributed by atoms with Crippen molar-refractivity contribution in [1.29, 1.82) is 0 Å². The van der Waals surface area contributed by atoms with Crippen molar-refractivity contribution in [2.24, 2.45) is 5.92 Å². The Hall–Kier alpha value is -0.950. The lowest BCUT2D eigenvalue weighted by molar-refractivity contribution is -0.139. The summed E-state index contributed by atoms with van der Waals surface area (Å²) in [6.45, 7) is 3.80. The number of hydrogen-bond donors (Lipinski definition) is 2. The molecule has 0 fully saturated rings. The van der Waals surface area contributed by atoms with Gasteiger partial charge in [-0.3, -0.25) is 4.79 Å². The van der Waals surface area contributed by atoms with Crippen LogP contribution in [0.5, 0.6) is 0 Å². The number of nitrogens with one attached hydrogen (secondary N) is 1. The molecule has 0 aromatic carbocycles. The molecule has 1 aromatic heterocycles. The predicted octanol–water partition coefficient (Wildman–Crippen LogP) is 2.84. The van der Waals surface area contributed by atoms with Gasteiger partial charge in [0, 0.05) is 10.7 Å². The van der Waals surface area contributed by atoms with Crippen LogP contribution in [0.25, 0.3) is 0 Å². The number of carboxylic acid groups (broad SMARTS) is 1. The highest BCUT2D eigenvalue weighted by Crippen LogP contribution is 2.19. The van der Waals surface area contributed by atoms with Gasteiger partial charge in [0.05, 0.1) is 4.47 Å². The summed E-state index contributed by atoms with van der Waals surface area (Å²) in [6.07, 6.45) is 1.85. The molecular formula is C12H14Br2N2O3. The topological polar surface area (TPSA) is 79.3 Å². The maximum atomic E-state index is 12.0. The number of carbonyl (C=O) groups is 2. The molecule has 1 rings (SSSR count). The highest BCUT2D eigenvalue weighted by molar-refractivity contribution is 9.11. The van der Waals surface area contributed by atoms with Crippen molar-refractivity contribution < 1.29 is 14.7 Å². The number of carbonyl (C=O) groups excluding carboxylic acids is 1. The highest BCUT2D eigenvalue weighted by Gasteiger charge is 2.23. The quantitative estimate of drug-likeness (QED) is 0.806. The van der Waals surface area contributed by atoms with Crippen LogP contribution in [0.3, 0.4) is 0 Å². The minimum absolute atomic E-state index is 0.165. The fourth-order valence-corrected chi connectivity index (χ4v) is 2.67. The Balaban J connectivity index is 2.84. The van der Waals surface area contributed by atoms with Crippen LogP contribution < -0.4 is 5.32 Å². The average molecular weight is 394 g/mol. The zero-order chi connectivity index (χ0) is 14.6. The molecule has 0 aliphatic carbocycles. The average Bonchev–Trinajstić information content (AvgIpc) is 2.26. The van der Waals surface area contributed by atoms with E-state index in [9.17, 15) is 9.59 Å². The molecule has 0 saturated heterocycles. The fraction of sp³-hybridized carbons (Fsp3) is 0.417. The SMILES string of the molecule is CC(C)CC(NC(=O)c1ncc(Br)cc1Br)C(=O)O.